The minimum absolute atomic E-state index is 0.0535. The summed E-state index contributed by atoms with van der Waals surface area (Å²) in [7, 11) is 0. The lowest BCUT2D eigenvalue weighted by molar-refractivity contribution is -0.158. The van der Waals surface area contributed by atoms with Crippen LogP contribution in [0.4, 0.5) is 0 Å². The lowest BCUT2D eigenvalue weighted by Gasteiger charge is -2.25. The molecule has 0 saturated carbocycles. The number of ether oxygens (including phenoxy) is 2. The predicted octanol–water partition coefficient (Wildman–Crippen LogP) is 2.56. The van der Waals surface area contributed by atoms with Gasteiger partial charge in [0.2, 0.25) is 4.32 Å². The zero-order valence-electron chi connectivity index (χ0n) is 11.9. The van der Waals surface area contributed by atoms with Gasteiger partial charge in [-0.15, -0.1) is 0 Å². The SMILES string of the molecule is CCOC(=O)C(Br)(CC(Br)CCCCO)C(=O)OCC. The molecule has 0 radical (unpaired) electrons. The molecule has 1 unspecified atom stereocenters. The molecule has 0 aliphatic rings. The molecule has 0 rings (SSSR count). The van der Waals surface area contributed by atoms with Crippen LogP contribution in [0.15, 0.2) is 0 Å². The Kier molecular flexibility index (Phi) is 10.5. The highest BCUT2D eigenvalue weighted by Gasteiger charge is 2.47. The Balaban J connectivity index is 4.75. The minimum atomic E-state index is -1.48. The van der Waals surface area contributed by atoms with Gasteiger partial charge in [0.25, 0.3) is 0 Å². The molecule has 0 aliphatic carbocycles. The Bertz CT molecular complexity index is 291. The molecule has 0 aromatic rings. The molecule has 0 fully saturated rings. The fraction of sp³-hybridized carbons (Fsp3) is 0.846. The number of esters is 2. The van der Waals surface area contributed by atoms with E-state index < -0.39 is 16.3 Å². The van der Waals surface area contributed by atoms with Crippen molar-refractivity contribution in [3.05, 3.63) is 0 Å². The van der Waals surface area contributed by atoms with Crippen LogP contribution in [-0.2, 0) is 19.1 Å². The van der Waals surface area contributed by atoms with Crippen LogP contribution in [0.5, 0.6) is 0 Å². The second kappa shape index (κ2) is 10.6. The molecule has 0 saturated heterocycles. The van der Waals surface area contributed by atoms with Gasteiger partial charge >= 0.3 is 11.9 Å². The number of alkyl halides is 2. The van der Waals surface area contributed by atoms with E-state index in [9.17, 15) is 9.59 Å². The number of unbranched alkanes of at least 4 members (excludes halogenated alkanes) is 1. The lowest BCUT2D eigenvalue weighted by Crippen LogP contribution is -2.45. The third kappa shape index (κ3) is 6.54. The first-order chi connectivity index (χ1) is 9.42. The van der Waals surface area contributed by atoms with Crippen LogP contribution in [0.25, 0.3) is 0 Å². The van der Waals surface area contributed by atoms with E-state index in [4.69, 9.17) is 14.6 Å². The molecule has 7 heteroatoms. The van der Waals surface area contributed by atoms with Crippen molar-refractivity contribution >= 4 is 43.8 Å². The van der Waals surface area contributed by atoms with E-state index in [0.29, 0.717) is 6.42 Å². The fourth-order valence-electron chi connectivity index (χ4n) is 1.63. The van der Waals surface area contributed by atoms with Crippen molar-refractivity contribution in [2.24, 2.45) is 0 Å². The average Bonchev–Trinajstić information content (AvgIpc) is 2.39. The van der Waals surface area contributed by atoms with Gasteiger partial charge in [-0.3, -0.25) is 0 Å². The quantitative estimate of drug-likeness (QED) is 0.256. The third-order valence-corrected chi connectivity index (χ3v) is 4.38. The minimum Gasteiger partial charge on any atom is -0.465 e. The monoisotopic (exact) mass is 416 g/mol. The number of carbonyl (C=O) groups is 2. The van der Waals surface area contributed by atoms with Crippen LogP contribution in [0, 0.1) is 0 Å². The molecule has 0 heterocycles. The fourth-order valence-corrected chi connectivity index (χ4v) is 3.49. The summed E-state index contributed by atoms with van der Waals surface area (Å²) in [6, 6.07) is 0. The summed E-state index contributed by atoms with van der Waals surface area (Å²) in [4.78, 5) is 24.0. The number of halogens is 2. The van der Waals surface area contributed by atoms with Crippen LogP contribution in [-0.4, -0.2) is 46.0 Å². The summed E-state index contributed by atoms with van der Waals surface area (Å²) in [5, 5.41) is 8.76. The summed E-state index contributed by atoms with van der Waals surface area (Å²) < 4.78 is 8.43. The van der Waals surface area contributed by atoms with Crippen molar-refractivity contribution in [3.8, 4) is 0 Å². The first kappa shape index (κ1) is 19.9. The Labute approximate surface area is 136 Å². The van der Waals surface area contributed by atoms with E-state index in [-0.39, 0.29) is 31.1 Å². The molecule has 118 valence electrons. The molecule has 1 atom stereocenters. The topological polar surface area (TPSA) is 72.8 Å². The summed E-state index contributed by atoms with van der Waals surface area (Å²) in [6.45, 7) is 3.90. The second-order valence-corrected chi connectivity index (χ2v) is 6.91. The van der Waals surface area contributed by atoms with Crippen LogP contribution in [0.3, 0.4) is 0 Å². The summed E-state index contributed by atoms with van der Waals surface area (Å²) in [5.74, 6) is -1.27. The maximum absolute atomic E-state index is 12.0. The van der Waals surface area contributed by atoms with Crippen molar-refractivity contribution < 1.29 is 24.2 Å². The zero-order valence-corrected chi connectivity index (χ0v) is 15.0. The molecule has 0 amide bonds. The number of rotatable bonds is 10. The van der Waals surface area contributed by atoms with E-state index >= 15 is 0 Å². The number of hydrogen-bond donors (Lipinski definition) is 1. The highest BCUT2D eigenvalue weighted by atomic mass is 79.9. The summed E-state index contributed by atoms with van der Waals surface area (Å²) in [5.41, 5.74) is 0. The third-order valence-electron chi connectivity index (χ3n) is 2.63. The van der Waals surface area contributed by atoms with Gasteiger partial charge in [-0.1, -0.05) is 38.3 Å². The molecule has 1 N–H and O–H groups in total. The largest absolute Gasteiger partial charge is 0.465 e. The number of carbonyl (C=O) groups excluding carboxylic acids is 2. The van der Waals surface area contributed by atoms with Crippen LogP contribution in [0.2, 0.25) is 0 Å². The number of aliphatic hydroxyl groups excluding tert-OH is 1. The first-order valence-corrected chi connectivity index (χ1v) is 8.41. The standard InChI is InChI=1S/C13H22Br2O5/c1-3-19-11(17)13(15,12(18)20-4-2)9-10(14)7-5-6-8-16/h10,16H,3-9H2,1-2H3. The Morgan fingerprint density at radius 2 is 1.65 bits per heavy atom. The maximum Gasteiger partial charge on any atom is 0.334 e. The van der Waals surface area contributed by atoms with Crippen molar-refractivity contribution in [1.82, 2.24) is 0 Å². The highest BCUT2D eigenvalue weighted by Crippen LogP contribution is 2.32. The molecular formula is C13H22Br2O5. The van der Waals surface area contributed by atoms with E-state index in [1.807, 2.05) is 0 Å². The lowest BCUT2D eigenvalue weighted by atomic mass is 10.0. The second-order valence-electron chi connectivity index (χ2n) is 4.26. The van der Waals surface area contributed by atoms with Gasteiger partial charge in [0.15, 0.2) is 0 Å². The average molecular weight is 418 g/mol. The summed E-state index contributed by atoms with van der Waals surface area (Å²) >= 11 is 6.66. The molecule has 20 heavy (non-hydrogen) atoms. The zero-order chi connectivity index (χ0) is 15.6. The van der Waals surface area contributed by atoms with Gasteiger partial charge in [0, 0.05) is 11.4 Å². The Morgan fingerprint density at radius 1 is 1.15 bits per heavy atom. The molecular weight excluding hydrogens is 396 g/mol. The van der Waals surface area contributed by atoms with Gasteiger partial charge in [-0.2, -0.15) is 0 Å². The predicted molar refractivity (Wildman–Crippen MR) is 83.2 cm³/mol. The van der Waals surface area contributed by atoms with Crippen molar-refractivity contribution in [3.63, 3.8) is 0 Å². The molecule has 0 bridgehead atoms. The molecule has 0 spiro atoms. The Hall–Kier alpha value is -0.140. The molecule has 0 aromatic heterocycles. The van der Waals surface area contributed by atoms with Crippen LogP contribution in [0.1, 0.15) is 39.5 Å². The van der Waals surface area contributed by atoms with E-state index in [1.165, 1.54) is 0 Å². The van der Waals surface area contributed by atoms with Crippen molar-refractivity contribution in [1.29, 1.82) is 0 Å². The van der Waals surface area contributed by atoms with Gasteiger partial charge < -0.3 is 14.6 Å². The van der Waals surface area contributed by atoms with Gasteiger partial charge in [0.1, 0.15) is 0 Å². The van der Waals surface area contributed by atoms with Gasteiger partial charge in [-0.25, -0.2) is 9.59 Å². The highest BCUT2D eigenvalue weighted by molar-refractivity contribution is 9.11. The van der Waals surface area contributed by atoms with Crippen LogP contribution >= 0.6 is 31.9 Å². The number of hydrogen-bond acceptors (Lipinski definition) is 5. The molecule has 0 aromatic carbocycles. The molecule has 0 aliphatic heterocycles. The summed E-state index contributed by atoms with van der Waals surface area (Å²) in [6.07, 6.45) is 2.47. The van der Waals surface area contributed by atoms with Gasteiger partial charge in [0.05, 0.1) is 13.2 Å². The van der Waals surface area contributed by atoms with Crippen molar-refractivity contribution in [2.45, 2.75) is 48.7 Å². The van der Waals surface area contributed by atoms with Crippen LogP contribution < -0.4 is 0 Å². The van der Waals surface area contributed by atoms with Gasteiger partial charge in [-0.05, 0) is 33.1 Å². The Morgan fingerprint density at radius 3 is 2.05 bits per heavy atom. The van der Waals surface area contributed by atoms with E-state index in [0.717, 1.165) is 12.8 Å². The van der Waals surface area contributed by atoms with Crippen molar-refractivity contribution in [2.75, 3.05) is 19.8 Å². The van der Waals surface area contributed by atoms with E-state index in [1.54, 1.807) is 13.8 Å². The normalized spacial score (nSPS) is 12.8. The smallest absolute Gasteiger partial charge is 0.334 e. The molecule has 5 nitrogen and oxygen atoms in total. The first-order valence-electron chi connectivity index (χ1n) is 6.70. The maximum atomic E-state index is 12.0. The van der Waals surface area contributed by atoms with E-state index in [2.05, 4.69) is 31.9 Å². The number of aliphatic hydroxyl groups is 1.